The number of aryl methyl sites for hydroxylation is 2. The van der Waals surface area contributed by atoms with Gasteiger partial charge in [-0.2, -0.15) is 0 Å². The summed E-state index contributed by atoms with van der Waals surface area (Å²) in [6.07, 6.45) is 1.93. The molecule has 6 nitrogen and oxygen atoms in total. The minimum absolute atomic E-state index is 0.0335. The van der Waals surface area contributed by atoms with E-state index in [1.54, 1.807) is 6.92 Å². The first-order valence-corrected chi connectivity index (χ1v) is 6.88. The van der Waals surface area contributed by atoms with Crippen molar-refractivity contribution in [3.63, 3.8) is 0 Å². The standard InChI is InChI=1S/C14H22N2O4/c1-4-19-14(18)6-5-9-15-13(17)8-7-12-10(2)16-20-11(12)3/h4-9H2,1-3H3,(H,15,17). The zero-order chi connectivity index (χ0) is 15.0. The molecule has 0 radical (unpaired) electrons. The number of ether oxygens (including phenoxy) is 1. The van der Waals surface area contributed by atoms with Gasteiger partial charge >= 0.3 is 5.97 Å². The van der Waals surface area contributed by atoms with Gasteiger partial charge in [-0.25, -0.2) is 0 Å². The van der Waals surface area contributed by atoms with Crippen LogP contribution < -0.4 is 5.32 Å². The van der Waals surface area contributed by atoms with Crippen LogP contribution in [-0.4, -0.2) is 30.2 Å². The third-order valence-corrected chi connectivity index (χ3v) is 2.97. The van der Waals surface area contributed by atoms with Crippen LogP contribution in [0, 0.1) is 13.8 Å². The van der Waals surface area contributed by atoms with Gasteiger partial charge in [-0.15, -0.1) is 0 Å². The van der Waals surface area contributed by atoms with Crippen molar-refractivity contribution in [3.8, 4) is 0 Å². The van der Waals surface area contributed by atoms with Gasteiger partial charge < -0.3 is 14.6 Å². The number of aromatic nitrogens is 1. The fraction of sp³-hybridized carbons (Fsp3) is 0.643. The van der Waals surface area contributed by atoms with Gasteiger partial charge in [0.05, 0.1) is 12.3 Å². The molecule has 1 aromatic rings. The second-order valence-electron chi connectivity index (χ2n) is 4.56. The van der Waals surface area contributed by atoms with E-state index in [-0.39, 0.29) is 11.9 Å². The van der Waals surface area contributed by atoms with E-state index >= 15 is 0 Å². The number of nitrogens with one attached hydrogen (secondary N) is 1. The predicted octanol–water partition coefficient (Wildman–Crippen LogP) is 1.68. The Bertz CT molecular complexity index is 435. The molecule has 0 unspecified atom stereocenters. The summed E-state index contributed by atoms with van der Waals surface area (Å²) in [7, 11) is 0. The highest BCUT2D eigenvalue weighted by Crippen LogP contribution is 2.14. The maximum atomic E-state index is 11.7. The molecule has 1 rings (SSSR count). The maximum Gasteiger partial charge on any atom is 0.305 e. The Balaban J connectivity index is 2.17. The maximum absolute atomic E-state index is 11.7. The van der Waals surface area contributed by atoms with Gasteiger partial charge in [0.2, 0.25) is 5.91 Å². The number of hydrogen-bond donors (Lipinski definition) is 1. The Hall–Kier alpha value is -1.85. The zero-order valence-electron chi connectivity index (χ0n) is 12.3. The second kappa shape index (κ2) is 8.35. The Morgan fingerprint density at radius 2 is 2.05 bits per heavy atom. The average molecular weight is 282 g/mol. The first-order chi connectivity index (χ1) is 9.54. The van der Waals surface area contributed by atoms with E-state index in [0.29, 0.717) is 38.8 Å². The highest BCUT2D eigenvalue weighted by molar-refractivity contribution is 5.76. The molecule has 0 fully saturated rings. The van der Waals surface area contributed by atoms with Crippen molar-refractivity contribution in [2.75, 3.05) is 13.2 Å². The van der Waals surface area contributed by atoms with Crippen molar-refractivity contribution in [1.29, 1.82) is 0 Å². The summed E-state index contributed by atoms with van der Waals surface area (Å²) in [6, 6.07) is 0. The molecule has 20 heavy (non-hydrogen) atoms. The van der Waals surface area contributed by atoms with Gasteiger partial charge in [0.25, 0.3) is 0 Å². The van der Waals surface area contributed by atoms with Crippen molar-refractivity contribution >= 4 is 11.9 Å². The van der Waals surface area contributed by atoms with Gasteiger partial charge in [-0.3, -0.25) is 9.59 Å². The summed E-state index contributed by atoms with van der Waals surface area (Å²) in [5.41, 5.74) is 1.82. The van der Waals surface area contributed by atoms with Crippen LogP contribution in [0.5, 0.6) is 0 Å². The monoisotopic (exact) mass is 282 g/mol. The van der Waals surface area contributed by atoms with Crippen LogP contribution in [0.2, 0.25) is 0 Å². The molecule has 6 heteroatoms. The van der Waals surface area contributed by atoms with Gasteiger partial charge in [-0.1, -0.05) is 5.16 Å². The lowest BCUT2D eigenvalue weighted by Crippen LogP contribution is -2.25. The molecule has 0 atom stereocenters. The largest absolute Gasteiger partial charge is 0.466 e. The number of carbonyl (C=O) groups excluding carboxylic acids is 2. The van der Waals surface area contributed by atoms with Crippen molar-refractivity contribution in [2.45, 2.75) is 46.5 Å². The molecule has 1 amide bonds. The van der Waals surface area contributed by atoms with Gasteiger partial charge in [0.1, 0.15) is 5.76 Å². The number of nitrogens with zero attached hydrogens (tertiary/aromatic N) is 1. The first-order valence-electron chi connectivity index (χ1n) is 6.88. The molecule has 0 aromatic carbocycles. The lowest BCUT2D eigenvalue weighted by Gasteiger charge is -2.05. The van der Waals surface area contributed by atoms with E-state index < -0.39 is 0 Å². The number of amides is 1. The first kappa shape index (κ1) is 16.2. The topological polar surface area (TPSA) is 81.4 Å². The molecule has 1 heterocycles. The third-order valence-electron chi connectivity index (χ3n) is 2.97. The number of esters is 1. The van der Waals surface area contributed by atoms with E-state index in [2.05, 4.69) is 10.5 Å². The van der Waals surface area contributed by atoms with Crippen LogP contribution >= 0.6 is 0 Å². The lowest BCUT2D eigenvalue weighted by atomic mass is 10.1. The quantitative estimate of drug-likeness (QED) is 0.579. The Labute approximate surface area is 118 Å². The molecule has 0 saturated carbocycles. The summed E-state index contributed by atoms with van der Waals surface area (Å²) >= 11 is 0. The van der Waals surface area contributed by atoms with E-state index in [1.165, 1.54) is 0 Å². The molecule has 0 saturated heterocycles. The molecule has 0 bridgehead atoms. The molecule has 0 spiro atoms. The van der Waals surface area contributed by atoms with Crippen molar-refractivity contribution in [1.82, 2.24) is 10.5 Å². The van der Waals surface area contributed by atoms with Crippen LogP contribution in [0.1, 0.15) is 43.2 Å². The highest BCUT2D eigenvalue weighted by Gasteiger charge is 2.11. The number of hydrogen-bond acceptors (Lipinski definition) is 5. The summed E-state index contributed by atoms with van der Waals surface area (Å²) in [4.78, 5) is 22.7. The zero-order valence-corrected chi connectivity index (χ0v) is 12.3. The molecule has 0 aliphatic heterocycles. The van der Waals surface area contributed by atoms with Crippen molar-refractivity contribution < 1.29 is 18.8 Å². The number of rotatable bonds is 8. The molecule has 112 valence electrons. The van der Waals surface area contributed by atoms with Crippen molar-refractivity contribution in [3.05, 3.63) is 17.0 Å². The average Bonchev–Trinajstić information content (AvgIpc) is 2.72. The number of carbonyl (C=O) groups is 2. The van der Waals surface area contributed by atoms with E-state index in [9.17, 15) is 9.59 Å². The lowest BCUT2D eigenvalue weighted by molar-refractivity contribution is -0.143. The smallest absolute Gasteiger partial charge is 0.305 e. The Kier molecular flexibility index (Phi) is 6.76. The molecule has 0 aliphatic carbocycles. The van der Waals surface area contributed by atoms with Gasteiger partial charge in [-0.05, 0) is 33.6 Å². The van der Waals surface area contributed by atoms with E-state index in [1.807, 2.05) is 13.8 Å². The molecular weight excluding hydrogens is 260 g/mol. The van der Waals surface area contributed by atoms with Crippen LogP contribution in [0.3, 0.4) is 0 Å². The molecule has 1 N–H and O–H groups in total. The fourth-order valence-electron chi connectivity index (χ4n) is 1.88. The minimum atomic E-state index is -0.225. The third kappa shape index (κ3) is 5.42. The Morgan fingerprint density at radius 1 is 1.30 bits per heavy atom. The fourth-order valence-corrected chi connectivity index (χ4v) is 1.88. The summed E-state index contributed by atoms with van der Waals surface area (Å²) < 4.78 is 9.85. The van der Waals surface area contributed by atoms with E-state index in [0.717, 1.165) is 17.0 Å². The molecule has 1 aromatic heterocycles. The van der Waals surface area contributed by atoms with Gasteiger partial charge in [0, 0.05) is 24.9 Å². The van der Waals surface area contributed by atoms with E-state index in [4.69, 9.17) is 9.26 Å². The van der Waals surface area contributed by atoms with Crippen LogP contribution in [0.4, 0.5) is 0 Å². The molecule has 0 aliphatic rings. The summed E-state index contributed by atoms with van der Waals surface area (Å²) in [5.74, 6) is 0.504. The highest BCUT2D eigenvalue weighted by atomic mass is 16.5. The van der Waals surface area contributed by atoms with Crippen molar-refractivity contribution in [2.24, 2.45) is 0 Å². The van der Waals surface area contributed by atoms with Crippen LogP contribution in [0.25, 0.3) is 0 Å². The normalized spacial score (nSPS) is 10.3. The Morgan fingerprint density at radius 3 is 2.65 bits per heavy atom. The van der Waals surface area contributed by atoms with Crippen LogP contribution in [-0.2, 0) is 20.7 Å². The summed E-state index contributed by atoms with van der Waals surface area (Å²) in [5, 5.41) is 6.63. The molecular formula is C14H22N2O4. The second-order valence-corrected chi connectivity index (χ2v) is 4.56. The van der Waals surface area contributed by atoms with Crippen LogP contribution in [0.15, 0.2) is 4.52 Å². The minimum Gasteiger partial charge on any atom is -0.466 e. The SMILES string of the molecule is CCOC(=O)CCCNC(=O)CCc1c(C)noc1C. The predicted molar refractivity (Wildman–Crippen MR) is 73.2 cm³/mol. The summed E-state index contributed by atoms with van der Waals surface area (Å²) in [6.45, 7) is 6.35. The van der Waals surface area contributed by atoms with Gasteiger partial charge in [0.15, 0.2) is 0 Å².